The Morgan fingerprint density at radius 1 is 1.62 bits per heavy atom. The molecule has 13 heavy (non-hydrogen) atoms. The first-order valence-electron chi connectivity index (χ1n) is 5.01. The van der Waals surface area contributed by atoms with Crippen LogP contribution < -0.4 is 5.32 Å². The molecule has 0 bridgehead atoms. The van der Waals surface area contributed by atoms with Gasteiger partial charge in [0.1, 0.15) is 0 Å². The number of rotatable bonds is 4. The van der Waals surface area contributed by atoms with E-state index in [0.29, 0.717) is 11.8 Å². The van der Waals surface area contributed by atoms with Crippen molar-refractivity contribution < 1.29 is 0 Å². The van der Waals surface area contributed by atoms with Gasteiger partial charge in [-0.05, 0) is 37.6 Å². The van der Waals surface area contributed by atoms with E-state index in [1.165, 1.54) is 12.8 Å². The molecule has 0 saturated carbocycles. The maximum Gasteiger partial charge on any atom is 0.0621 e. The average molecular weight is 178 g/mol. The second-order valence-electron chi connectivity index (χ2n) is 3.93. The Labute approximate surface area is 80.6 Å². The number of nitrogens with zero attached hydrogens (tertiary/aromatic N) is 1. The van der Waals surface area contributed by atoms with E-state index in [4.69, 9.17) is 5.26 Å². The number of nitriles is 1. The Hall–Kier alpha value is -0.810. The maximum absolute atomic E-state index is 8.58. The molecule has 1 N–H and O–H groups in total. The molecule has 0 spiro atoms. The van der Waals surface area contributed by atoms with E-state index in [1.54, 1.807) is 0 Å². The molecule has 1 atom stereocenters. The third-order valence-corrected chi connectivity index (χ3v) is 2.91. The summed E-state index contributed by atoms with van der Waals surface area (Å²) >= 11 is 0. The van der Waals surface area contributed by atoms with Gasteiger partial charge in [-0.2, -0.15) is 5.26 Å². The second-order valence-corrected chi connectivity index (χ2v) is 3.93. The highest BCUT2D eigenvalue weighted by Gasteiger charge is 2.29. The van der Waals surface area contributed by atoms with Gasteiger partial charge in [0.05, 0.1) is 6.07 Å². The van der Waals surface area contributed by atoms with E-state index in [2.05, 4.69) is 18.0 Å². The van der Waals surface area contributed by atoms with E-state index in [0.717, 1.165) is 25.9 Å². The third kappa shape index (κ3) is 2.86. The molecule has 0 amide bonds. The van der Waals surface area contributed by atoms with Crippen molar-refractivity contribution in [3.63, 3.8) is 0 Å². The van der Waals surface area contributed by atoms with Crippen LogP contribution in [0.4, 0.5) is 0 Å². The topological polar surface area (TPSA) is 35.8 Å². The van der Waals surface area contributed by atoms with Gasteiger partial charge in [-0.1, -0.05) is 6.08 Å². The number of hydrogen-bond donors (Lipinski definition) is 1. The van der Waals surface area contributed by atoms with E-state index < -0.39 is 0 Å². The van der Waals surface area contributed by atoms with Crippen LogP contribution in [0.3, 0.4) is 0 Å². The maximum atomic E-state index is 8.58. The zero-order valence-corrected chi connectivity index (χ0v) is 8.18. The van der Waals surface area contributed by atoms with Crippen LogP contribution in [0.2, 0.25) is 0 Å². The van der Waals surface area contributed by atoms with Gasteiger partial charge in [-0.3, -0.25) is 0 Å². The summed E-state index contributed by atoms with van der Waals surface area (Å²) in [4.78, 5) is 0. The standard InChI is InChI=1S/C11H18N2/c1-2-5-11(6-3-8-12)7-4-9-13-10-11/h2,13H,1,3-7,9-10H2. The lowest BCUT2D eigenvalue weighted by Gasteiger charge is -2.36. The summed E-state index contributed by atoms with van der Waals surface area (Å²) in [7, 11) is 0. The Bertz CT molecular complexity index is 197. The van der Waals surface area contributed by atoms with Crippen LogP contribution in [0.5, 0.6) is 0 Å². The van der Waals surface area contributed by atoms with Gasteiger partial charge in [0.2, 0.25) is 0 Å². The molecule has 0 radical (unpaired) electrons. The molecule has 0 aromatic rings. The van der Waals surface area contributed by atoms with E-state index >= 15 is 0 Å². The molecule has 2 heteroatoms. The highest BCUT2D eigenvalue weighted by molar-refractivity contribution is 4.92. The first-order valence-corrected chi connectivity index (χ1v) is 5.01. The molecule has 1 fully saturated rings. The average Bonchev–Trinajstić information content (AvgIpc) is 2.17. The fourth-order valence-corrected chi connectivity index (χ4v) is 2.15. The first kappa shape index (κ1) is 10.3. The summed E-state index contributed by atoms with van der Waals surface area (Å²) in [5, 5.41) is 12.0. The molecular formula is C11H18N2. The van der Waals surface area contributed by atoms with Gasteiger partial charge < -0.3 is 5.32 Å². The molecule has 1 aliphatic heterocycles. The third-order valence-electron chi connectivity index (χ3n) is 2.91. The Balaban J connectivity index is 2.51. The summed E-state index contributed by atoms with van der Waals surface area (Å²) in [5.41, 5.74) is 0.329. The molecule has 1 unspecified atom stereocenters. The zero-order valence-electron chi connectivity index (χ0n) is 8.18. The summed E-state index contributed by atoms with van der Waals surface area (Å²) in [5.74, 6) is 0. The van der Waals surface area contributed by atoms with Crippen molar-refractivity contribution in [3.05, 3.63) is 12.7 Å². The first-order chi connectivity index (χ1) is 6.33. The van der Waals surface area contributed by atoms with Crippen LogP contribution in [0.15, 0.2) is 12.7 Å². The molecular weight excluding hydrogens is 160 g/mol. The normalized spacial score (nSPS) is 27.9. The SMILES string of the molecule is C=CCC1(CCC#N)CCCNC1. The Kier molecular flexibility index (Phi) is 3.98. The van der Waals surface area contributed by atoms with Crippen molar-refractivity contribution in [1.29, 1.82) is 5.26 Å². The number of nitrogens with one attached hydrogen (secondary N) is 1. The van der Waals surface area contributed by atoms with Gasteiger partial charge in [-0.25, -0.2) is 0 Å². The smallest absolute Gasteiger partial charge is 0.0621 e. The van der Waals surface area contributed by atoms with E-state index in [-0.39, 0.29) is 0 Å². The molecule has 1 rings (SSSR count). The molecule has 0 aromatic heterocycles. The molecule has 2 nitrogen and oxygen atoms in total. The summed E-state index contributed by atoms with van der Waals surface area (Å²) in [6.45, 7) is 5.98. The van der Waals surface area contributed by atoms with Crippen LogP contribution >= 0.6 is 0 Å². The highest BCUT2D eigenvalue weighted by atomic mass is 14.9. The van der Waals surface area contributed by atoms with Crippen molar-refractivity contribution in [2.24, 2.45) is 5.41 Å². The lowest BCUT2D eigenvalue weighted by Crippen LogP contribution is -2.39. The predicted molar refractivity (Wildman–Crippen MR) is 54.2 cm³/mol. The molecule has 1 aliphatic rings. The van der Waals surface area contributed by atoms with Crippen molar-refractivity contribution in [3.8, 4) is 6.07 Å². The minimum absolute atomic E-state index is 0.329. The monoisotopic (exact) mass is 178 g/mol. The van der Waals surface area contributed by atoms with Crippen LogP contribution in [0.1, 0.15) is 32.1 Å². The van der Waals surface area contributed by atoms with Crippen molar-refractivity contribution >= 4 is 0 Å². The molecule has 1 saturated heterocycles. The number of hydrogen-bond acceptors (Lipinski definition) is 2. The minimum Gasteiger partial charge on any atom is -0.316 e. The molecule has 72 valence electrons. The molecule has 0 aliphatic carbocycles. The number of allylic oxidation sites excluding steroid dienone is 1. The van der Waals surface area contributed by atoms with Gasteiger partial charge in [0.15, 0.2) is 0 Å². The Morgan fingerprint density at radius 3 is 3.00 bits per heavy atom. The lowest BCUT2D eigenvalue weighted by molar-refractivity contribution is 0.196. The van der Waals surface area contributed by atoms with Gasteiger partial charge in [0, 0.05) is 13.0 Å². The second kappa shape index (κ2) is 5.04. The van der Waals surface area contributed by atoms with Crippen molar-refractivity contribution in [2.75, 3.05) is 13.1 Å². The van der Waals surface area contributed by atoms with Crippen molar-refractivity contribution in [1.82, 2.24) is 5.32 Å². The lowest BCUT2D eigenvalue weighted by atomic mass is 9.74. The quantitative estimate of drug-likeness (QED) is 0.670. The fourth-order valence-electron chi connectivity index (χ4n) is 2.15. The van der Waals surface area contributed by atoms with Crippen molar-refractivity contribution in [2.45, 2.75) is 32.1 Å². The Morgan fingerprint density at radius 2 is 2.46 bits per heavy atom. The van der Waals surface area contributed by atoms with Gasteiger partial charge in [0.25, 0.3) is 0 Å². The van der Waals surface area contributed by atoms with E-state index in [9.17, 15) is 0 Å². The van der Waals surface area contributed by atoms with Crippen LogP contribution in [-0.2, 0) is 0 Å². The summed E-state index contributed by atoms with van der Waals surface area (Å²) in [6.07, 6.45) is 7.21. The predicted octanol–water partition coefficient (Wildman–Crippen LogP) is 2.24. The van der Waals surface area contributed by atoms with Crippen LogP contribution in [0.25, 0.3) is 0 Å². The van der Waals surface area contributed by atoms with Gasteiger partial charge >= 0.3 is 0 Å². The highest BCUT2D eigenvalue weighted by Crippen LogP contribution is 2.35. The van der Waals surface area contributed by atoms with Crippen LogP contribution in [-0.4, -0.2) is 13.1 Å². The summed E-state index contributed by atoms with van der Waals surface area (Å²) in [6, 6.07) is 2.24. The molecule has 1 heterocycles. The number of piperidine rings is 1. The fraction of sp³-hybridized carbons (Fsp3) is 0.727. The van der Waals surface area contributed by atoms with Crippen LogP contribution in [0, 0.1) is 16.7 Å². The zero-order chi connectivity index (χ0) is 9.57. The summed E-state index contributed by atoms with van der Waals surface area (Å²) < 4.78 is 0. The minimum atomic E-state index is 0.329. The van der Waals surface area contributed by atoms with E-state index in [1.807, 2.05) is 6.08 Å². The molecule has 0 aromatic carbocycles. The van der Waals surface area contributed by atoms with Gasteiger partial charge in [-0.15, -0.1) is 6.58 Å². The largest absolute Gasteiger partial charge is 0.316 e.